The molecule has 1 N–H and O–H groups in total. The maximum Gasteiger partial charge on any atom is 0.126 e. The second-order valence-corrected chi connectivity index (χ2v) is 6.04. The summed E-state index contributed by atoms with van der Waals surface area (Å²) >= 11 is 6.36. The Bertz CT molecular complexity index is 698. The van der Waals surface area contributed by atoms with Crippen molar-refractivity contribution in [2.24, 2.45) is 7.05 Å². The zero-order valence-corrected chi connectivity index (χ0v) is 12.9. The van der Waals surface area contributed by atoms with Gasteiger partial charge in [-0.25, -0.2) is 4.39 Å². The lowest BCUT2D eigenvalue weighted by atomic mass is 9.90. The van der Waals surface area contributed by atoms with Crippen LogP contribution in [0.4, 0.5) is 4.39 Å². The monoisotopic (exact) mass is 308 g/mol. The van der Waals surface area contributed by atoms with Gasteiger partial charge in [0.25, 0.3) is 0 Å². The largest absolute Gasteiger partial charge is 0.385 e. The fourth-order valence-electron chi connectivity index (χ4n) is 3.19. The van der Waals surface area contributed by atoms with Crippen molar-refractivity contribution in [2.45, 2.75) is 38.2 Å². The maximum absolute atomic E-state index is 13.8. The summed E-state index contributed by atoms with van der Waals surface area (Å²) < 4.78 is 15.6. The predicted octanol–water partition coefficient (Wildman–Crippen LogP) is 3.15. The van der Waals surface area contributed by atoms with Gasteiger partial charge in [0.1, 0.15) is 5.82 Å². The standard InChI is InChI=1S/C16H18ClFN2O/c1-3-13-15(17)14(20(2)19-13)9-16(21)8-7-10-11(16)5-4-6-12(10)18/h4-6,21H,3,7-9H2,1-2H3. The number of fused-ring (bicyclic) bond motifs is 1. The molecule has 1 heterocycles. The van der Waals surface area contributed by atoms with Gasteiger partial charge in [0, 0.05) is 13.5 Å². The van der Waals surface area contributed by atoms with E-state index in [1.54, 1.807) is 16.8 Å². The summed E-state index contributed by atoms with van der Waals surface area (Å²) in [4.78, 5) is 0. The molecule has 2 aromatic rings. The van der Waals surface area contributed by atoms with Gasteiger partial charge in [-0.15, -0.1) is 0 Å². The number of rotatable bonds is 3. The van der Waals surface area contributed by atoms with E-state index in [0.29, 0.717) is 35.4 Å². The first kappa shape index (κ1) is 14.5. The molecule has 0 fully saturated rings. The van der Waals surface area contributed by atoms with Gasteiger partial charge in [0.2, 0.25) is 0 Å². The molecule has 0 spiro atoms. The van der Waals surface area contributed by atoms with Crippen LogP contribution in [0.25, 0.3) is 0 Å². The molecule has 3 nitrogen and oxygen atoms in total. The lowest BCUT2D eigenvalue weighted by Gasteiger charge is -2.24. The SMILES string of the molecule is CCc1nn(C)c(CC2(O)CCc3c(F)cccc32)c1Cl. The molecular formula is C16H18ClFN2O. The second kappa shape index (κ2) is 5.11. The number of aryl methyl sites for hydroxylation is 2. The van der Waals surface area contributed by atoms with Crippen LogP contribution in [0.3, 0.4) is 0 Å². The number of halogens is 2. The van der Waals surface area contributed by atoms with Gasteiger partial charge >= 0.3 is 0 Å². The topological polar surface area (TPSA) is 38.0 Å². The van der Waals surface area contributed by atoms with Crippen molar-refractivity contribution in [3.63, 3.8) is 0 Å². The first-order chi connectivity index (χ1) is 9.96. The Morgan fingerprint density at radius 2 is 2.24 bits per heavy atom. The van der Waals surface area contributed by atoms with E-state index in [1.165, 1.54) is 6.07 Å². The van der Waals surface area contributed by atoms with Crippen LogP contribution in [-0.4, -0.2) is 14.9 Å². The molecule has 1 atom stereocenters. The van der Waals surface area contributed by atoms with Gasteiger partial charge in [-0.3, -0.25) is 4.68 Å². The molecule has 0 aliphatic heterocycles. The number of aromatic nitrogens is 2. The van der Waals surface area contributed by atoms with Crippen molar-refractivity contribution >= 4 is 11.6 Å². The highest BCUT2D eigenvalue weighted by atomic mass is 35.5. The van der Waals surface area contributed by atoms with Crippen LogP contribution in [0, 0.1) is 5.82 Å². The van der Waals surface area contributed by atoms with E-state index in [4.69, 9.17) is 11.6 Å². The number of benzene rings is 1. The zero-order chi connectivity index (χ0) is 15.2. The minimum absolute atomic E-state index is 0.242. The summed E-state index contributed by atoms with van der Waals surface area (Å²) in [5.41, 5.74) is 1.86. The van der Waals surface area contributed by atoms with Gasteiger partial charge in [-0.2, -0.15) is 5.10 Å². The van der Waals surface area contributed by atoms with E-state index in [-0.39, 0.29) is 5.82 Å². The Hall–Kier alpha value is -1.39. The summed E-state index contributed by atoms with van der Waals surface area (Å²) in [7, 11) is 1.82. The van der Waals surface area contributed by atoms with Gasteiger partial charge in [0.05, 0.1) is 22.0 Å². The summed E-state index contributed by atoms with van der Waals surface area (Å²) in [6.45, 7) is 1.99. The van der Waals surface area contributed by atoms with Gasteiger partial charge in [-0.05, 0) is 36.5 Å². The third kappa shape index (κ3) is 2.27. The Labute approximate surface area is 128 Å². The Kier molecular flexibility index (Phi) is 3.54. The normalized spacial score (nSPS) is 20.8. The summed E-state index contributed by atoms with van der Waals surface area (Å²) in [6.07, 6.45) is 2.16. The number of aliphatic hydroxyl groups is 1. The van der Waals surface area contributed by atoms with E-state index in [2.05, 4.69) is 5.10 Å². The lowest BCUT2D eigenvalue weighted by Crippen LogP contribution is -2.26. The van der Waals surface area contributed by atoms with Crippen molar-refractivity contribution in [2.75, 3.05) is 0 Å². The average Bonchev–Trinajstić information content (AvgIpc) is 2.93. The molecular weight excluding hydrogens is 291 g/mol. The number of hydrogen-bond donors (Lipinski definition) is 1. The highest BCUT2D eigenvalue weighted by Gasteiger charge is 2.39. The summed E-state index contributed by atoms with van der Waals surface area (Å²) in [5, 5.41) is 16.0. The lowest BCUT2D eigenvalue weighted by molar-refractivity contribution is 0.0370. The molecule has 1 unspecified atom stereocenters. The molecule has 1 aliphatic carbocycles. The zero-order valence-electron chi connectivity index (χ0n) is 12.2. The second-order valence-electron chi connectivity index (χ2n) is 5.66. The molecule has 1 aliphatic rings. The summed E-state index contributed by atoms with van der Waals surface area (Å²) in [5.74, 6) is -0.242. The number of hydrogen-bond acceptors (Lipinski definition) is 2. The third-order valence-corrected chi connectivity index (χ3v) is 4.81. The van der Waals surface area contributed by atoms with Crippen molar-refractivity contribution < 1.29 is 9.50 Å². The van der Waals surface area contributed by atoms with Crippen LogP contribution in [0.2, 0.25) is 5.02 Å². The number of nitrogens with zero attached hydrogens (tertiary/aromatic N) is 2. The Balaban J connectivity index is 2.01. The van der Waals surface area contributed by atoms with E-state index in [9.17, 15) is 9.50 Å². The first-order valence-electron chi connectivity index (χ1n) is 7.16. The van der Waals surface area contributed by atoms with E-state index >= 15 is 0 Å². The smallest absolute Gasteiger partial charge is 0.126 e. The molecule has 1 aromatic heterocycles. The first-order valence-corrected chi connectivity index (χ1v) is 7.54. The molecule has 0 bridgehead atoms. The highest BCUT2D eigenvalue weighted by molar-refractivity contribution is 6.31. The molecule has 112 valence electrons. The third-order valence-electron chi connectivity index (χ3n) is 4.37. The molecule has 0 amide bonds. The minimum atomic E-state index is -1.07. The quantitative estimate of drug-likeness (QED) is 0.946. The van der Waals surface area contributed by atoms with Crippen molar-refractivity contribution in [3.8, 4) is 0 Å². The molecule has 5 heteroatoms. The van der Waals surface area contributed by atoms with Crippen molar-refractivity contribution in [1.29, 1.82) is 0 Å². The van der Waals surface area contributed by atoms with Crippen LogP contribution in [0.15, 0.2) is 18.2 Å². The fraction of sp³-hybridized carbons (Fsp3) is 0.438. The fourth-order valence-corrected chi connectivity index (χ4v) is 3.55. The van der Waals surface area contributed by atoms with Crippen LogP contribution in [-0.2, 0) is 31.9 Å². The van der Waals surface area contributed by atoms with Crippen LogP contribution in [0.1, 0.15) is 35.9 Å². The minimum Gasteiger partial charge on any atom is -0.385 e. The van der Waals surface area contributed by atoms with Gasteiger partial charge in [0.15, 0.2) is 0 Å². The van der Waals surface area contributed by atoms with E-state index in [0.717, 1.165) is 17.8 Å². The predicted molar refractivity (Wildman–Crippen MR) is 79.9 cm³/mol. The highest BCUT2D eigenvalue weighted by Crippen LogP contribution is 2.41. The average molecular weight is 309 g/mol. The summed E-state index contributed by atoms with van der Waals surface area (Å²) in [6, 6.07) is 4.89. The van der Waals surface area contributed by atoms with Crippen LogP contribution >= 0.6 is 11.6 Å². The van der Waals surface area contributed by atoms with Crippen LogP contribution < -0.4 is 0 Å². The molecule has 1 aromatic carbocycles. The van der Waals surface area contributed by atoms with Gasteiger partial charge in [-0.1, -0.05) is 30.7 Å². The molecule has 3 rings (SSSR count). The van der Waals surface area contributed by atoms with E-state index in [1.807, 2.05) is 14.0 Å². The van der Waals surface area contributed by atoms with Gasteiger partial charge < -0.3 is 5.11 Å². The molecule has 21 heavy (non-hydrogen) atoms. The Morgan fingerprint density at radius 1 is 1.48 bits per heavy atom. The Morgan fingerprint density at radius 3 is 2.90 bits per heavy atom. The molecule has 0 radical (unpaired) electrons. The van der Waals surface area contributed by atoms with Crippen LogP contribution in [0.5, 0.6) is 0 Å². The van der Waals surface area contributed by atoms with Crippen molar-refractivity contribution in [3.05, 3.63) is 51.6 Å². The maximum atomic E-state index is 13.8. The van der Waals surface area contributed by atoms with Crippen molar-refractivity contribution in [1.82, 2.24) is 9.78 Å². The van der Waals surface area contributed by atoms with E-state index < -0.39 is 5.60 Å². The molecule has 0 saturated carbocycles. The molecule has 0 saturated heterocycles.